The molecule has 0 radical (unpaired) electrons. The number of aromatic nitrogens is 2. The maximum absolute atomic E-state index is 13.5. The van der Waals surface area contributed by atoms with Gasteiger partial charge in [0, 0.05) is 42.9 Å². The average molecular weight is 496 g/mol. The van der Waals surface area contributed by atoms with E-state index in [0.717, 1.165) is 31.5 Å². The van der Waals surface area contributed by atoms with Crippen LogP contribution in [0.25, 0.3) is 10.9 Å². The van der Waals surface area contributed by atoms with Gasteiger partial charge in [-0.25, -0.2) is 14.4 Å². The molecule has 9 heteroatoms. The van der Waals surface area contributed by atoms with Gasteiger partial charge < -0.3 is 15.4 Å². The minimum atomic E-state index is -0.500. The summed E-state index contributed by atoms with van der Waals surface area (Å²) >= 11 is 5.91. The number of halogens is 2. The van der Waals surface area contributed by atoms with Crippen LogP contribution in [0.3, 0.4) is 0 Å². The van der Waals surface area contributed by atoms with Gasteiger partial charge in [-0.05, 0) is 48.9 Å². The number of rotatable bonds is 7. The highest BCUT2D eigenvalue weighted by molar-refractivity contribution is 6.31. The zero-order valence-corrected chi connectivity index (χ0v) is 20.2. The maximum Gasteiger partial charge on any atom is 0.248 e. The second-order valence-corrected chi connectivity index (χ2v) is 9.51. The Morgan fingerprint density at radius 3 is 2.77 bits per heavy atom. The SMILES string of the molecule is COc1cc2ncnc(Nc3ccc(F)c(Cl)c3)c2cc1NC(=O)/C=C/CN1C[C@H]2CCC[C@H]2C1. The fraction of sp³-hybridized carbons (Fsp3) is 0.346. The van der Waals surface area contributed by atoms with E-state index in [-0.39, 0.29) is 10.9 Å². The summed E-state index contributed by atoms with van der Waals surface area (Å²) in [6.07, 6.45) is 8.93. The molecule has 0 bridgehead atoms. The molecule has 0 unspecified atom stereocenters. The first kappa shape index (κ1) is 23.5. The molecule has 5 rings (SSSR count). The van der Waals surface area contributed by atoms with Gasteiger partial charge in [0.1, 0.15) is 23.7 Å². The van der Waals surface area contributed by atoms with Crippen LogP contribution in [-0.2, 0) is 4.79 Å². The Morgan fingerprint density at radius 2 is 2.03 bits per heavy atom. The minimum Gasteiger partial charge on any atom is -0.494 e. The molecular weight excluding hydrogens is 469 g/mol. The summed E-state index contributed by atoms with van der Waals surface area (Å²) < 4.78 is 19.0. The molecule has 2 aliphatic rings. The summed E-state index contributed by atoms with van der Waals surface area (Å²) in [5.74, 6) is 1.90. The lowest BCUT2D eigenvalue weighted by molar-refractivity contribution is -0.111. The highest BCUT2D eigenvalue weighted by Gasteiger charge is 2.35. The van der Waals surface area contributed by atoms with Crippen molar-refractivity contribution in [2.24, 2.45) is 11.8 Å². The molecule has 1 aliphatic carbocycles. The van der Waals surface area contributed by atoms with Gasteiger partial charge in [0.2, 0.25) is 5.91 Å². The smallest absolute Gasteiger partial charge is 0.248 e. The molecule has 35 heavy (non-hydrogen) atoms. The maximum atomic E-state index is 13.5. The predicted octanol–water partition coefficient (Wildman–Crippen LogP) is 5.40. The molecular formula is C26H27ClFN5O2. The van der Waals surface area contributed by atoms with Crippen LogP contribution in [-0.4, -0.2) is 47.5 Å². The van der Waals surface area contributed by atoms with E-state index >= 15 is 0 Å². The van der Waals surface area contributed by atoms with Gasteiger partial charge in [0.05, 0.1) is 23.3 Å². The third kappa shape index (κ3) is 5.23. The number of carbonyl (C=O) groups excluding carboxylic acids is 1. The number of nitrogens with zero attached hydrogens (tertiary/aromatic N) is 3. The Labute approximate surface area is 208 Å². The van der Waals surface area contributed by atoms with E-state index < -0.39 is 5.82 Å². The molecule has 3 aromatic rings. The Bertz CT molecular complexity index is 1270. The van der Waals surface area contributed by atoms with Gasteiger partial charge in [0.15, 0.2) is 0 Å². The molecule has 0 spiro atoms. The molecule has 7 nitrogen and oxygen atoms in total. The summed E-state index contributed by atoms with van der Waals surface area (Å²) in [7, 11) is 1.54. The fourth-order valence-electron chi connectivity index (χ4n) is 5.13. The molecule has 2 N–H and O–H groups in total. The van der Waals surface area contributed by atoms with Crippen LogP contribution in [0.15, 0.2) is 48.8 Å². The number of carbonyl (C=O) groups is 1. The summed E-state index contributed by atoms with van der Waals surface area (Å²) in [5, 5.41) is 6.71. The molecule has 1 aliphatic heterocycles. The van der Waals surface area contributed by atoms with Crippen molar-refractivity contribution in [3.8, 4) is 5.75 Å². The van der Waals surface area contributed by atoms with Gasteiger partial charge >= 0.3 is 0 Å². The van der Waals surface area contributed by atoms with Crippen molar-refractivity contribution < 1.29 is 13.9 Å². The van der Waals surface area contributed by atoms with E-state index in [4.69, 9.17) is 16.3 Å². The molecule has 1 saturated carbocycles. The topological polar surface area (TPSA) is 79.4 Å². The molecule has 1 aromatic heterocycles. The van der Waals surface area contributed by atoms with Gasteiger partial charge in [-0.15, -0.1) is 0 Å². The third-order valence-corrected chi connectivity index (χ3v) is 7.12. The van der Waals surface area contributed by atoms with E-state index in [0.29, 0.717) is 33.8 Å². The predicted molar refractivity (Wildman–Crippen MR) is 136 cm³/mol. The van der Waals surface area contributed by atoms with Gasteiger partial charge in [-0.3, -0.25) is 9.69 Å². The minimum absolute atomic E-state index is 0.00640. The molecule has 1 amide bonds. The molecule has 1 saturated heterocycles. The Balaban J connectivity index is 1.31. The van der Waals surface area contributed by atoms with Crippen molar-refractivity contribution in [3.05, 3.63) is 59.7 Å². The van der Waals surface area contributed by atoms with Gasteiger partial charge in [0.25, 0.3) is 0 Å². The number of ether oxygens (including phenoxy) is 1. The van der Waals surface area contributed by atoms with Crippen molar-refractivity contribution in [2.75, 3.05) is 37.4 Å². The number of hydrogen-bond acceptors (Lipinski definition) is 6. The molecule has 2 atom stereocenters. The van der Waals surface area contributed by atoms with Crippen molar-refractivity contribution >= 4 is 45.6 Å². The van der Waals surface area contributed by atoms with Gasteiger partial charge in [-0.1, -0.05) is 24.1 Å². The van der Waals surface area contributed by atoms with E-state index in [1.165, 1.54) is 44.8 Å². The number of nitrogens with one attached hydrogen (secondary N) is 2. The first-order valence-corrected chi connectivity index (χ1v) is 12.1. The summed E-state index contributed by atoms with van der Waals surface area (Å²) in [5.41, 5.74) is 1.70. The summed E-state index contributed by atoms with van der Waals surface area (Å²) in [6.45, 7) is 3.03. The second-order valence-electron chi connectivity index (χ2n) is 9.11. The van der Waals surface area contributed by atoms with E-state index in [2.05, 4.69) is 25.5 Å². The first-order valence-electron chi connectivity index (χ1n) is 11.7. The fourth-order valence-corrected chi connectivity index (χ4v) is 5.31. The Morgan fingerprint density at radius 1 is 1.23 bits per heavy atom. The number of methoxy groups -OCH3 is 1. The van der Waals surface area contributed by atoms with Crippen LogP contribution >= 0.6 is 11.6 Å². The van der Waals surface area contributed by atoms with Crippen LogP contribution in [0.2, 0.25) is 5.02 Å². The van der Waals surface area contributed by atoms with Crippen LogP contribution < -0.4 is 15.4 Å². The van der Waals surface area contributed by atoms with Crippen LogP contribution in [0, 0.1) is 17.7 Å². The number of hydrogen-bond donors (Lipinski definition) is 2. The van der Waals surface area contributed by atoms with E-state index in [1.807, 2.05) is 6.08 Å². The highest BCUT2D eigenvalue weighted by atomic mass is 35.5. The van der Waals surface area contributed by atoms with Gasteiger partial charge in [-0.2, -0.15) is 0 Å². The normalized spacial score (nSPS) is 19.9. The Hall–Kier alpha value is -3.23. The van der Waals surface area contributed by atoms with Crippen molar-refractivity contribution in [2.45, 2.75) is 19.3 Å². The molecule has 182 valence electrons. The number of amides is 1. The number of anilines is 3. The van der Waals surface area contributed by atoms with Crippen LogP contribution in [0.1, 0.15) is 19.3 Å². The zero-order valence-electron chi connectivity index (χ0n) is 19.4. The molecule has 2 fully saturated rings. The molecule has 2 aromatic carbocycles. The second kappa shape index (κ2) is 10.2. The van der Waals surface area contributed by atoms with E-state index in [1.54, 1.807) is 24.3 Å². The Kier molecular flexibility index (Phi) is 6.83. The largest absolute Gasteiger partial charge is 0.494 e. The van der Waals surface area contributed by atoms with Crippen molar-refractivity contribution in [3.63, 3.8) is 0 Å². The number of likely N-dealkylation sites (tertiary alicyclic amines) is 1. The van der Waals surface area contributed by atoms with Crippen molar-refractivity contribution in [1.82, 2.24) is 14.9 Å². The quantitative estimate of drug-likeness (QED) is 0.427. The average Bonchev–Trinajstić information content (AvgIpc) is 3.43. The molecule has 2 heterocycles. The lowest BCUT2D eigenvalue weighted by atomic mass is 10.0. The van der Waals surface area contributed by atoms with Crippen LogP contribution in [0.4, 0.5) is 21.6 Å². The standard InChI is InChI=1S/C26H27ClFN5O2/c1-35-24-12-22-19(26(30-15-29-22)31-18-7-8-21(28)20(27)10-18)11-23(24)32-25(34)6-3-9-33-13-16-4-2-5-17(16)14-33/h3,6-8,10-12,15-17H,2,4-5,9,13-14H2,1H3,(H,32,34)(H,29,30,31)/b6-3+/t16-,17+. The first-order chi connectivity index (χ1) is 17.0. The highest BCUT2D eigenvalue weighted by Crippen LogP contribution is 2.37. The number of benzene rings is 2. The van der Waals surface area contributed by atoms with Crippen molar-refractivity contribution in [1.29, 1.82) is 0 Å². The third-order valence-electron chi connectivity index (χ3n) is 6.83. The monoisotopic (exact) mass is 495 g/mol. The summed E-state index contributed by atoms with van der Waals surface area (Å²) in [6, 6.07) is 7.83. The lowest BCUT2D eigenvalue weighted by Gasteiger charge is -2.14. The number of fused-ring (bicyclic) bond motifs is 2. The zero-order chi connectivity index (χ0) is 24.4. The van der Waals surface area contributed by atoms with Crippen LogP contribution in [0.5, 0.6) is 5.75 Å². The lowest BCUT2D eigenvalue weighted by Crippen LogP contribution is -2.22. The summed E-state index contributed by atoms with van der Waals surface area (Å²) in [4.78, 5) is 23.7. The van der Waals surface area contributed by atoms with E-state index in [9.17, 15) is 9.18 Å².